The number of piperidine rings is 1. The number of rotatable bonds is 3. The van der Waals surface area contributed by atoms with Gasteiger partial charge in [-0.25, -0.2) is 0 Å². The number of amides is 4. The van der Waals surface area contributed by atoms with Gasteiger partial charge in [-0.1, -0.05) is 6.07 Å². The molecule has 0 aromatic heterocycles. The van der Waals surface area contributed by atoms with Crippen molar-refractivity contribution in [2.24, 2.45) is 0 Å². The first kappa shape index (κ1) is 18.8. The van der Waals surface area contributed by atoms with Crippen LogP contribution in [-0.4, -0.2) is 65.1 Å². The van der Waals surface area contributed by atoms with Gasteiger partial charge in [0.05, 0.1) is 11.1 Å². The first-order valence-corrected chi connectivity index (χ1v) is 9.75. The van der Waals surface area contributed by atoms with Gasteiger partial charge in [-0.05, 0) is 44.0 Å². The van der Waals surface area contributed by atoms with Crippen molar-refractivity contribution in [3.63, 3.8) is 0 Å². The molecule has 28 heavy (non-hydrogen) atoms. The molecule has 1 aromatic rings. The molecule has 0 aliphatic carbocycles. The van der Waals surface area contributed by atoms with Crippen LogP contribution in [0.3, 0.4) is 0 Å². The Labute approximate surface area is 163 Å². The lowest BCUT2D eigenvalue weighted by molar-refractivity contribution is -0.136. The summed E-state index contributed by atoms with van der Waals surface area (Å²) >= 11 is 0. The molecular weight excluding hydrogens is 360 g/mol. The Bertz CT molecular complexity index is 853. The topological polar surface area (TPSA) is 98.8 Å². The molecule has 4 rings (SSSR count). The second-order valence-electron chi connectivity index (χ2n) is 7.70. The van der Waals surface area contributed by atoms with E-state index in [0.29, 0.717) is 23.7 Å². The molecule has 3 aliphatic rings. The van der Waals surface area contributed by atoms with E-state index in [1.54, 1.807) is 12.1 Å². The smallest absolute Gasteiger partial charge is 0.262 e. The van der Waals surface area contributed by atoms with E-state index in [1.807, 2.05) is 6.07 Å². The summed E-state index contributed by atoms with van der Waals surface area (Å²) in [5.41, 5.74) is 1.63. The van der Waals surface area contributed by atoms with Crippen LogP contribution in [0.4, 0.5) is 0 Å². The number of nitrogens with zero attached hydrogens (tertiary/aromatic N) is 2. The van der Waals surface area contributed by atoms with E-state index in [4.69, 9.17) is 0 Å². The molecule has 2 atom stereocenters. The fraction of sp³-hybridized carbons (Fsp3) is 0.500. The fourth-order valence-electron chi connectivity index (χ4n) is 4.15. The number of hydrogen-bond donors (Lipinski definition) is 2. The normalized spacial score (nSPS) is 26.2. The molecule has 0 saturated carbocycles. The summed E-state index contributed by atoms with van der Waals surface area (Å²) in [5.74, 6) is -1.88. The maximum Gasteiger partial charge on any atom is 0.262 e. The minimum Gasteiger partial charge on any atom is -0.315 e. The van der Waals surface area contributed by atoms with Crippen LogP contribution in [0.2, 0.25) is 0 Å². The van der Waals surface area contributed by atoms with Crippen LogP contribution in [0, 0.1) is 0 Å². The van der Waals surface area contributed by atoms with Crippen LogP contribution < -0.4 is 10.6 Å². The Hall–Kier alpha value is -2.58. The molecule has 0 spiro atoms. The van der Waals surface area contributed by atoms with Crippen molar-refractivity contribution in [1.82, 2.24) is 20.4 Å². The highest BCUT2D eigenvalue weighted by molar-refractivity contribution is 6.23. The third-order valence-electron chi connectivity index (χ3n) is 5.75. The number of fused-ring (bicyclic) bond motifs is 1. The maximum absolute atomic E-state index is 12.9. The summed E-state index contributed by atoms with van der Waals surface area (Å²) in [6.45, 7) is 5.77. The second kappa shape index (κ2) is 7.44. The van der Waals surface area contributed by atoms with Crippen molar-refractivity contribution in [3.8, 4) is 0 Å². The highest BCUT2D eigenvalue weighted by Crippen LogP contribution is 2.28. The molecule has 2 N–H and O–H groups in total. The van der Waals surface area contributed by atoms with Crippen LogP contribution in [0.5, 0.6) is 0 Å². The van der Waals surface area contributed by atoms with E-state index in [-0.39, 0.29) is 18.7 Å². The number of benzene rings is 1. The summed E-state index contributed by atoms with van der Waals surface area (Å²) in [5, 5.41) is 5.62. The van der Waals surface area contributed by atoms with Gasteiger partial charge in [-0.2, -0.15) is 0 Å². The van der Waals surface area contributed by atoms with Gasteiger partial charge in [0, 0.05) is 32.1 Å². The minimum atomic E-state index is -0.926. The Balaban J connectivity index is 1.55. The quantitative estimate of drug-likeness (QED) is 0.726. The van der Waals surface area contributed by atoms with Gasteiger partial charge in [0.1, 0.15) is 6.04 Å². The molecule has 148 valence electrons. The molecule has 3 aliphatic heterocycles. The maximum atomic E-state index is 12.9. The molecule has 4 amide bonds. The van der Waals surface area contributed by atoms with Gasteiger partial charge in [-0.15, -0.1) is 0 Å². The van der Waals surface area contributed by atoms with E-state index in [0.717, 1.165) is 36.5 Å². The highest BCUT2D eigenvalue weighted by atomic mass is 16.2. The molecule has 1 unspecified atom stereocenters. The van der Waals surface area contributed by atoms with Gasteiger partial charge >= 0.3 is 0 Å². The lowest BCUT2D eigenvalue weighted by Crippen LogP contribution is -2.54. The van der Waals surface area contributed by atoms with Crippen molar-refractivity contribution in [2.75, 3.05) is 19.6 Å². The van der Waals surface area contributed by atoms with Crippen LogP contribution in [-0.2, 0) is 16.1 Å². The van der Waals surface area contributed by atoms with E-state index in [2.05, 4.69) is 22.5 Å². The van der Waals surface area contributed by atoms with Gasteiger partial charge in [0.15, 0.2) is 0 Å². The second-order valence-corrected chi connectivity index (χ2v) is 7.70. The Kier molecular flexibility index (Phi) is 4.99. The Morgan fingerprint density at radius 1 is 1.11 bits per heavy atom. The van der Waals surface area contributed by atoms with Crippen molar-refractivity contribution < 1.29 is 19.2 Å². The Morgan fingerprint density at radius 2 is 1.89 bits per heavy atom. The van der Waals surface area contributed by atoms with E-state index >= 15 is 0 Å². The van der Waals surface area contributed by atoms with Gasteiger partial charge in [0.2, 0.25) is 11.8 Å². The predicted molar refractivity (Wildman–Crippen MR) is 100 cm³/mol. The first-order valence-electron chi connectivity index (χ1n) is 9.75. The van der Waals surface area contributed by atoms with Crippen LogP contribution in [0.25, 0.3) is 0 Å². The summed E-state index contributed by atoms with van der Waals surface area (Å²) in [6.07, 6.45) is 1.35. The van der Waals surface area contributed by atoms with Crippen LogP contribution in [0.1, 0.15) is 52.5 Å². The van der Waals surface area contributed by atoms with Gasteiger partial charge < -0.3 is 5.32 Å². The minimum absolute atomic E-state index is 0.121. The number of imide groups is 2. The Morgan fingerprint density at radius 3 is 2.68 bits per heavy atom. The van der Waals surface area contributed by atoms with E-state index in [1.165, 1.54) is 0 Å². The summed E-state index contributed by atoms with van der Waals surface area (Å²) in [7, 11) is 0. The SMILES string of the molecule is C[C@@H]1CNCCCN1Cc1ccc2c(c1)C(=O)N(C1CCC(=O)NC1=O)C2=O. The average molecular weight is 384 g/mol. The summed E-state index contributed by atoms with van der Waals surface area (Å²) in [6, 6.07) is 4.78. The van der Waals surface area contributed by atoms with Gasteiger partial charge in [-0.3, -0.25) is 34.3 Å². The van der Waals surface area contributed by atoms with Crippen molar-refractivity contribution in [2.45, 2.75) is 44.8 Å². The van der Waals surface area contributed by atoms with Crippen molar-refractivity contribution >= 4 is 23.6 Å². The van der Waals surface area contributed by atoms with Gasteiger partial charge in [0.25, 0.3) is 11.8 Å². The zero-order chi connectivity index (χ0) is 19.8. The van der Waals surface area contributed by atoms with E-state index in [9.17, 15) is 19.2 Å². The molecule has 8 heteroatoms. The molecule has 3 heterocycles. The van der Waals surface area contributed by atoms with Crippen LogP contribution >= 0.6 is 0 Å². The lowest BCUT2D eigenvalue weighted by Gasteiger charge is -2.27. The third kappa shape index (κ3) is 3.33. The summed E-state index contributed by atoms with van der Waals surface area (Å²) < 4.78 is 0. The lowest BCUT2D eigenvalue weighted by atomic mass is 10.0. The molecule has 2 fully saturated rings. The molecule has 2 saturated heterocycles. The highest BCUT2D eigenvalue weighted by Gasteiger charge is 2.44. The number of carbonyl (C=O) groups is 4. The molecule has 0 radical (unpaired) electrons. The largest absolute Gasteiger partial charge is 0.315 e. The summed E-state index contributed by atoms with van der Waals surface area (Å²) in [4.78, 5) is 52.6. The zero-order valence-corrected chi connectivity index (χ0v) is 15.9. The first-order chi connectivity index (χ1) is 13.5. The monoisotopic (exact) mass is 384 g/mol. The standard InChI is InChI=1S/C20H24N4O4/c1-12-10-21-7-2-8-23(12)11-13-3-4-14-15(9-13)20(28)24(19(14)27)16-5-6-17(25)22-18(16)26/h3-4,9,12,16,21H,2,5-8,10-11H2,1H3,(H,22,25,26)/t12-,16?/m1/s1. The molecule has 1 aromatic carbocycles. The molecule has 0 bridgehead atoms. The zero-order valence-electron chi connectivity index (χ0n) is 15.9. The fourth-order valence-corrected chi connectivity index (χ4v) is 4.15. The van der Waals surface area contributed by atoms with Crippen molar-refractivity contribution in [3.05, 3.63) is 34.9 Å². The number of nitrogens with one attached hydrogen (secondary N) is 2. The number of carbonyl (C=O) groups excluding carboxylic acids is 4. The predicted octanol–water partition coefficient (Wildman–Crippen LogP) is 0.272. The van der Waals surface area contributed by atoms with E-state index < -0.39 is 23.8 Å². The molecular formula is C20H24N4O4. The average Bonchev–Trinajstić information content (AvgIpc) is 2.79. The number of hydrogen-bond acceptors (Lipinski definition) is 6. The molecule has 8 nitrogen and oxygen atoms in total. The van der Waals surface area contributed by atoms with Crippen molar-refractivity contribution in [1.29, 1.82) is 0 Å². The van der Waals surface area contributed by atoms with Crippen LogP contribution in [0.15, 0.2) is 18.2 Å². The third-order valence-corrected chi connectivity index (χ3v) is 5.75.